The summed E-state index contributed by atoms with van der Waals surface area (Å²) in [6, 6.07) is 0.0911. The van der Waals surface area contributed by atoms with Crippen LogP contribution in [0.2, 0.25) is 5.02 Å². The van der Waals surface area contributed by atoms with E-state index in [1.54, 1.807) is 4.90 Å². The summed E-state index contributed by atoms with van der Waals surface area (Å²) in [6.45, 7) is 6.49. The lowest BCUT2D eigenvalue weighted by atomic mass is 10.3. The maximum atomic E-state index is 11.8. The summed E-state index contributed by atoms with van der Waals surface area (Å²) in [6.07, 6.45) is 1.45. The van der Waals surface area contributed by atoms with E-state index >= 15 is 0 Å². The molecule has 0 fully saturated rings. The second-order valence-corrected chi connectivity index (χ2v) is 4.65. The molecule has 0 spiro atoms. The summed E-state index contributed by atoms with van der Waals surface area (Å²) < 4.78 is 0. The van der Waals surface area contributed by atoms with Crippen LogP contribution in [0.5, 0.6) is 0 Å². The van der Waals surface area contributed by atoms with Crippen molar-refractivity contribution in [2.45, 2.75) is 26.8 Å². The van der Waals surface area contributed by atoms with Gasteiger partial charge in [0.2, 0.25) is 11.9 Å². The normalized spacial score (nSPS) is 10.4. The van der Waals surface area contributed by atoms with Gasteiger partial charge in [0.25, 0.3) is 0 Å². The number of nitrogens with two attached hydrogens (primary N) is 1. The molecule has 0 atom stereocenters. The summed E-state index contributed by atoms with van der Waals surface area (Å²) in [5, 5.41) is 3.19. The van der Waals surface area contributed by atoms with Gasteiger partial charge >= 0.3 is 0 Å². The average Bonchev–Trinajstić information content (AvgIpc) is 2.36. The van der Waals surface area contributed by atoms with E-state index in [4.69, 9.17) is 17.4 Å². The molecule has 0 bridgehead atoms. The monoisotopic (exact) mass is 286 g/mol. The van der Waals surface area contributed by atoms with Crippen LogP contribution in [0, 0.1) is 0 Å². The minimum absolute atomic E-state index is 0.0891. The quantitative estimate of drug-likeness (QED) is 0.528. The predicted molar refractivity (Wildman–Crippen MR) is 76.0 cm³/mol. The number of hydrogen-bond donors (Lipinski definition) is 3. The molecular weight excluding hydrogens is 268 g/mol. The first kappa shape index (κ1) is 15.5. The van der Waals surface area contributed by atoms with Crippen molar-refractivity contribution in [1.29, 1.82) is 0 Å². The molecule has 1 rings (SSSR count). The smallest absolute Gasteiger partial charge is 0.239 e. The van der Waals surface area contributed by atoms with Crippen molar-refractivity contribution in [3.8, 4) is 0 Å². The Morgan fingerprint density at radius 1 is 1.58 bits per heavy atom. The molecule has 19 heavy (non-hydrogen) atoms. The third kappa shape index (κ3) is 4.53. The molecule has 0 unspecified atom stereocenters. The predicted octanol–water partition coefficient (Wildman–Crippen LogP) is 0.766. The fraction of sp³-hybridized carbons (Fsp3) is 0.545. The van der Waals surface area contributed by atoms with E-state index < -0.39 is 0 Å². The van der Waals surface area contributed by atoms with Gasteiger partial charge in [-0.3, -0.25) is 10.2 Å². The van der Waals surface area contributed by atoms with Crippen LogP contribution < -0.4 is 21.5 Å². The molecule has 0 aliphatic heterocycles. The number of rotatable bonds is 6. The Morgan fingerprint density at radius 3 is 2.79 bits per heavy atom. The first-order valence-electron chi connectivity index (χ1n) is 6.01. The van der Waals surface area contributed by atoms with Crippen molar-refractivity contribution in [2.75, 3.05) is 23.4 Å². The van der Waals surface area contributed by atoms with E-state index in [0.717, 1.165) is 0 Å². The molecule has 0 saturated carbocycles. The minimum atomic E-state index is -0.0891. The fourth-order valence-corrected chi connectivity index (χ4v) is 1.74. The topological polar surface area (TPSA) is 96.2 Å². The molecule has 0 aliphatic carbocycles. The van der Waals surface area contributed by atoms with E-state index in [-0.39, 0.29) is 24.4 Å². The highest BCUT2D eigenvalue weighted by molar-refractivity contribution is 6.32. The lowest BCUT2D eigenvalue weighted by Gasteiger charge is -2.23. The van der Waals surface area contributed by atoms with E-state index in [0.29, 0.717) is 17.4 Å². The maximum Gasteiger partial charge on any atom is 0.239 e. The molecule has 1 amide bonds. The molecule has 8 heteroatoms. The van der Waals surface area contributed by atoms with Gasteiger partial charge in [-0.05, 0) is 20.8 Å². The van der Waals surface area contributed by atoms with Gasteiger partial charge in [-0.1, -0.05) is 11.6 Å². The molecule has 4 N–H and O–H groups in total. The second kappa shape index (κ2) is 7.10. The third-order valence-corrected chi connectivity index (χ3v) is 2.59. The van der Waals surface area contributed by atoms with Crippen LogP contribution in [0.1, 0.15) is 20.8 Å². The molecule has 0 saturated heterocycles. The van der Waals surface area contributed by atoms with Crippen LogP contribution in [0.25, 0.3) is 0 Å². The number of anilines is 2. The average molecular weight is 287 g/mol. The van der Waals surface area contributed by atoms with E-state index in [9.17, 15) is 4.79 Å². The molecular formula is C11H19ClN6O. The van der Waals surface area contributed by atoms with Crippen LogP contribution in [-0.2, 0) is 4.79 Å². The summed E-state index contributed by atoms with van der Waals surface area (Å²) in [5.41, 5.74) is 2.35. The Kier molecular flexibility index (Phi) is 5.78. The highest BCUT2D eigenvalue weighted by Crippen LogP contribution is 2.23. The maximum absolute atomic E-state index is 11.8. The summed E-state index contributed by atoms with van der Waals surface area (Å²) >= 11 is 6.05. The van der Waals surface area contributed by atoms with Gasteiger partial charge in [0.05, 0.1) is 12.7 Å². The number of hydrazine groups is 1. The molecule has 1 heterocycles. The Balaban J connectivity index is 2.87. The summed E-state index contributed by atoms with van der Waals surface area (Å²) in [4.78, 5) is 21.6. The number of likely N-dealkylation sites (N-methyl/N-ethyl adjacent to an activating group) is 1. The van der Waals surface area contributed by atoms with Crippen molar-refractivity contribution in [3.63, 3.8) is 0 Å². The molecule has 0 radical (unpaired) electrons. The zero-order valence-corrected chi connectivity index (χ0v) is 12.0. The number of halogens is 1. The van der Waals surface area contributed by atoms with Crippen molar-refractivity contribution >= 4 is 29.3 Å². The van der Waals surface area contributed by atoms with E-state index in [1.165, 1.54) is 6.20 Å². The molecule has 0 aliphatic rings. The van der Waals surface area contributed by atoms with Crippen LogP contribution in [0.4, 0.5) is 11.8 Å². The number of nitrogens with one attached hydrogen (secondary N) is 2. The van der Waals surface area contributed by atoms with Gasteiger partial charge in [-0.2, -0.15) is 4.98 Å². The number of hydrogen-bond acceptors (Lipinski definition) is 6. The van der Waals surface area contributed by atoms with Crippen molar-refractivity contribution < 1.29 is 4.79 Å². The van der Waals surface area contributed by atoms with Gasteiger partial charge in [0, 0.05) is 12.6 Å². The zero-order chi connectivity index (χ0) is 14.4. The first-order chi connectivity index (χ1) is 8.97. The second-order valence-electron chi connectivity index (χ2n) is 4.25. The van der Waals surface area contributed by atoms with E-state index in [1.807, 2.05) is 20.8 Å². The molecule has 1 aromatic heterocycles. The van der Waals surface area contributed by atoms with Crippen molar-refractivity contribution in [2.24, 2.45) is 5.84 Å². The third-order valence-electron chi connectivity index (χ3n) is 2.32. The van der Waals surface area contributed by atoms with Gasteiger partial charge in [0.1, 0.15) is 5.02 Å². The van der Waals surface area contributed by atoms with Crippen molar-refractivity contribution in [1.82, 2.24) is 15.3 Å². The van der Waals surface area contributed by atoms with Gasteiger partial charge < -0.3 is 10.2 Å². The van der Waals surface area contributed by atoms with Crippen molar-refractivity contribution in [3.05, 3.63) is 11.2 Å². The first-order valence-corrected chi connectivity index (χ1v) is 6.39. The largest absolute Gasteiger partial charge is 0.352 e. The lowest BCUT2D eigenvalue weighted by Crippen LogP contribution is -2.40. The molecule has 1 aromatic rings. The Labute approximate surface area is 117 Å². The highest BCUT2D eigenvalue weighted by Gasteiger charge is 2.16. The van der Waals surface area contributed by atoms with Crippen LogP contribution in [-0.4, -0.2) is 35.0 Å². The number of carbonyl (C=O) groups excluding carboxylic acids is 1. The summed E-state index contributed by atoms with van der Waals surface area (Å²) in [7, 11) is 0. The number of aromatic nitrogens is 2. The van der Waals surface area contributed by atoms with Gasteiger partial charge in [-0.25, -0.2) is 10.8 Å². The zero-order valence-electron chi connectivity index (χ0n) is 11.3. The number of amides is 1. The number of nitrogen functional groups attached to an aromatic ring is 1. The molecule has 0 aromatic carbocycles. The summed E-state index contributed by atoms with van der Waals surface area (Å²) in [5.74, 6) is 5.90. The minimum Gasteiger partial charge on any atom is -0.352 e. The Morgan fingerprint density at radius 2 is 2.26 bits per heavy atom. The lowest BCUT2D eigenvalue weighted by molar-refractivity contribution is -0.120. The molecule has 106 valence electrons. The highest BCUT2D eigenvalue weighted by atomic mass is 35.5. The van der Waals surface area contributed by atoms with Crippen LogP contribution in [0.3, 0.4) is 0 Å². The fourth-order valence-electron chi connectivity index (χ4n) is 1.53. The van der Waals surface area contributed by atoms with Gasteiger partial charge in [-0.15, -0.1) is 0 Å². The number of carbonyl (C=O) groups is 1. The van der Waals surface area contributed by atoms with Crippen LogP contribution >= 0.6 is 11.6 Å². The van der Waals surface area contributed by atoms with Crippen LogP contribution in [0.15, 0.2) is 6.20 Å². The standard InChI is InChI=1S/C11H19ClN6O/c1-4-18(6-9(19)15-7(2)3)10-8(12)5-14-11(16-10)17-13/h5,7H,4,6,13H2,1-3H3,(H,15,19)(H,14,16,17). The Hall–Kier alpha value is -1.60. The van der Waals surface area contributed by atoms with E-state index in [2.05, 4.69) is 20.7 Å². The Bertz CT molecular complexity index is 439. The number of nitrogens with zero attached hydrogens (tertiary/aromatic N) is 3. The SMILES string of the molecule is CCN(CC(=O)NC(C)C)c1nc(NN)ncc1Cl. The van der Waals surface area contributed by atoms with Gasteiger partial charge in [0.15, 0.2) is 5.82 Å². The molecule has 7 nitrogen and oxygen atoms in total.